The third-order valence-electron chi connectivity index (χ3n) is 8.84. The molecule has 4 fully saturated rings. The Hall–Kier alpha value is -1.54. The molecule has 0 radical (unpaired) electrons. The molecule has 0 aromatic heterocycles. The smallest absolute Gasteiger partial charge is 0.251 e. The lowest BCUT2D eigenvalue weighted by molar-refractivity contribution is -0.160. The number of carbonyl (C=O) groups is 2. The molecule has 0 spiro atoms. The SMILES string of the molecule is O=C(NCCOC1CC(=O)N2CC3CCCN4CCCC(C34)C2C1)c1ccc(N(CCCl)CCCl)cc1. The highest BCUT2D eigenvalue weighted by Crippen LogP contribution is 2.45. The monoisotopic (exact) mass is 550 g/mol. The summed E-state index contributed by atoms with van der Waals surface area (Å²) in [5.74, 6) is 2.39. The van der Waals surface area contributed by atoms with Gasteiger partial charge >= 0.3 is 0 Å². The number of carbonyl (C=O) groups excluding carboxylic acids is 2. The number of amides is 2. The van der Waals surface area contributed by atoms with Gasteiger partial charge in [0.15, 0.2) is 0 Å². The Morgan fingerprint density at radius 3 is 2.54 bits per heavy atom. The fourth-order valence-corrected chi connectivity index (χ4v) is 7.67. The molecule has 0 aliphatic carbocycles. The van der Waals surface area contributed by atoms with Gasteiger partial charge in [-0.05, 0) is 81.3 Å². The molecule has 5 unspecified atom stereocenters. The van der Waals surface area contributed by atoms with Gasteiger partial charge in [0.05, 0.1) is 19.1 Å². The minimum atomic E-state index is -0.125. The van der Waals surface area contributed by atoms with Crippen molar-refractivity contribution in [2.75, 3.05) is 62.5 Å². The van der Waals surface area contributed by atoms with Crippen molar-refractivity contribution in [1.29, 1.82) is 0 Å². The van der Waals surface area contributed by atoms with Gasteiger partial charge in [-0.1, -0.05) is 0 Å². The van der Waals surface area contributed by atoms with Crippen LogP contribution in [0.2, 0.25) is 0 Å². The second-order valence-corrected chi connectivity index (χ2v) is 11.7. The van der Waals surface area contributed by atoms with E-state index < -0.39 is 0 Å². The van der Waals surface area contributed by atoms with Crippen molar-refractivity contribution < 1.29 is 14.3 Å². The summed E-state index contributed by atoms with van der Waals surface area (Å²) in [4.78, 5) is 32.8. The predicted octanol–water partition coefficient (Wildman–Crippen LogP) is 3.58. The van der Waals surface area contributed by atoms with Gasteiger partial charge in [0, 0.05) is 61.3 Å². The van der Waals surface area contributed by atoms with E-state index in [0.717, 1.165) is 18.7 Å². The highest BCUT2D eigenvalue weighted by molar-refractivity contribution is 6.18. The molecule has 4 saturated heterocycles. The van der Waals surface area contributed by atoms with E-state index in [-0.39, 0.29) is 17.9 Å². The van der Waals surface area contributed by atoms with Crippen molar-refractivity contribution in [3.05, 3.63) is 29.8 Å². The lowest BCUT2D eigenvalue weighted by Gasteiger charge is -2.59. The average Bonchev–Trinajstić information content (AvgIpc) is 2.92. The Morgan fingerprint density at radius 2 is 1.81 bits per heavy atom. The van der Waals surface area contributed by atoms with Crippen LogP contribution in [0.5, 0.6) is 0 Å². The molecule has 5 rings (SSSR count). The van der Waals surface area contributed by atoms with E-state index >= 15 is 0 Å². The summed E-state index contributed by atoms with van der Waals surface area (Å²) in [5.41, 5.74) is 1.61. The number of alkyl halides is 2. The van der Waals surface area contributed by atoms with Crippen LogP contribution in [-0.2, 0) is 9.53 Å². The number of rotatable bonds is 10. The van der Waals surface area contributed by atoms with E-state index in [1.165, 1.54) is 38.8 Å². The Labute approximate surface area is 230 Å². The van der Waals surface area contributed by atoms with Gasteiger partial charge in [-0.25, -0.2) is 0 Å². The van der Waals surface area contributed by atoms with Crippen molar-refractivity contribution in [1.82, 2.24) is 15.1 Å². The predicted molar refractivity (Wildman–Crippen MR) is 148 cm³/mol. The van der Waals surface area contributed by atoms with E-state index in [2.05, 4.69) is 20.0 Å². The van der Waals surface area contributed by atoms with Crippen LogP contribution in [0.1, 0.15) is 48.9 Å². The zero-order valence-electron chi connectivity index (χ0n) is 21.6. The number of nitrogens with one attached hydrogen (secondary N) is 1. The van der Waals surface area contributed by atoms with Gasteiger partial charge in [0.25, 0.3) is 5.91 Å². The molecule has 5 atom stereocenters. The first-order valence-electron chi connectivity index (χ1n) is 14.0. The second-order valence-electron chi connectivity index (χ2n) is 10.9. The molecule has 37 heavy (non-hydrogen) atoms. The van der Waals surface area contributed by atoms with Gasteiger partial charge < -0.3 is 19.9 Å². The standard InChI is InChI=1S/C28H40Cl2N4O3/c29-9-14-32(15-10-30)22-7-5-20(6-8-22)28(36)31-11-16-37-23-17-25-24-4-2-13-33-12-1-3-21(27(24)33)19-34(25)26(35)18-23/h5-8,21,23-25,27H,1-4,9-19H2,(H,31,36). The third-order valence-corrected chi connectivity index (χ3v) is 9.18. The molecule has 4 heterocycles. The maximum absolute atomic E-state index is 13.1. The van der Waals surface area contributed by atoms with Gasteiger partial charge in [-0.2, -0.15) is 0 Å². The van der Waals surface area contributed by atoms with Crippen LogP contribution in [0.4, 0.5) is 5.69 Å². The molecule has 0 saturated carbocycles. The maximum Gasteiger partial charge on any atom is 0.251 e. The number of hydrogen-bond donors (Lipinski definition) is 1. The molecule has 0 bridgehead atoms. The zero-order valence-corrected chi connectivity index (χ0v) is 23.1. The molecule has 1 N–H and O–H groups in total. The summed E-state index contributed by atoms with van der Waals surface area (Å²) in [6.45, 7) is 5.62. The topological polar surface area (TPSA) is 65.1 Å². The van der Waals surface area contributed by atoms with Crippen LogP contribution in [0.3, 0.4) is 0 Å². The molecule has 7 nitrogen and oxygen atoms in total. The number of piperidine rings is 4. The summed E-state index contributed by atoms with van der Waals surface area (Å²) in [6.07, 6.45) is 6.31. The lowest BCUT2D eigenvalue weighted by Crippen LogP contribution is -2.67. The summed E-state index contributed by atoms with van der Waals surface area (Å²) in [7, 11) is 0. The molecular weight excluding hydrogens is 511 g/mol. The van der Waals surface area contributed by atoms with Crippen LogP contribution in [0.15, 0.2) is 24.3 Å². The molecule has 4 aliphatic heterocycles. The Morgan fingerprint density at radius 1 is 1.08 bits per heavy atom. The minimum Gasteiger partial charge on any atom is -0.376 e. The zero-order chi connectivity index (χ0) is 25.8. The molecule has 4 aliphatic rings. The third kappa shape index (κ3) is 6.05. The number of anilines is 1. The molecule has 1 aromatic carbocycles. The van der Waals surface area contributed by atoms with Gasteiger partial charge in [0.1, 0.15) is 0 Å². The van der Waals surface area contributed by atoms with Crippen LogP contribution in [0.25, 0.3) is 0 Å². The fourth-order valence-electron chi connectivity index (χ4n) is 7.27. The van der Waals surface area contributed by atoms with E-state index in [4.69, 9.17) is 27.9 Å². The molecule has 1 aromatic rings. The first-order valence-corrected chi connectivity index (χ1v) is 15.1. The summed E-state index contributed by atoms with van der Waals surface area (Å²) in [5, 5.41) is 2.96. The van der Waals surface area contributed by atoms with Crippen molar-refractivity contribution in [2.45, 2.75) is 56.7 Å². The Balaban J connectivity index is 1.10. The number of halogens is 2. The minimum absolute atomic E-state index is 0.0599. The van der Waals surface area contributed by atoms with Crippen LogP contribution < -0.4 is 10.2 Å². The second kappa shape index (κ2) is 12.5. The summed E-state index contributed by atoms with van der Waals surface area (Å²) in [6, 6.07) is 8.46. The number of nitrogens with zero attached hydrogens (tertiary/aromatic N) is 3. The van der Waals surface area contributed by atoms with E-state index in [9.17, 15) is 9.59 Å². The van der Waals surface area contributed by atoms with Gasteiger partial charge in [0.2, 0.25) is 5.91 Å². The fraction of sp³-hybridized carbons (Fsp3) is 0.714. The Bertz CT molecular complexity index is 925. The van der Waals surface area contributed by atoms with Gasteiger partial charge in [-0.15, -0.1) is 23.2 Å². The molecule has 2 amide bonds. The van der Waals surface area contributed by atoms with Crippen molar-refractivity contribution >= 4 is 40.7 Å². The number of benzene rings is 1. The first-order chi connectivity index (χ1) is 18.1. The number of ether oxygens (including phenoxy) is 1. The average molecular weight is 552 g/mol. The van der Waals surface area contributed by atoms with E-state index in [1.807, 2.05) is 24.3 Å². The van der Waals surface area contributed by atoms with Crippen molar-refractivity contribution in [3.8, 4) is 0 Å². The van der Waals surface area contributed by atoms with E-state index in [1.54, 1.807) is 0 Å². The normalized spacial score (nSPS) is 29.4. The number of hydrogen-bond acceptors (Lipinski definition) is 5. The molecule has 9 heteroatoms. The van der Waals surface area contributed by atoms with Crippen LogP contribution >= 0.6 is 23.2 Å². The van der Waals surface area contributed by atoms with E-state index in [0.29, 0.717) is 73.9 Å². The molecule has 204 valence electrons. The lowest BCUT2D eigenvalue weighted by atomic mass is 9.68. The highest BCUT2D eigenvalue weighted by Gasteiger charge is 2.51. The molecular formula is C28H40Cl2N4O3. The van der Waals surface area contributed by atoms with Crippen molar-refractivity contribution in [3.63, 3.8) is 0 Å². The quantitative estimate of drug-likeness (QED) is 0.356. The summed E-state index contributed by atoms with van der Waals surface area (Å²) >= 11 is 11.8. The highest BCUT2D eigenvalue weighted by atomic mass is 35.5. The summed E-state index contributed by atoms with van der Waals surface area (Å²) < 4.78 is 6.16. The first kappa shape index (κ1) is 27.0. The Kier molecular flexibility index (Phi) is 9.17. The largest absolute Gasteiger partial charge is 0.376 e. The van der Waals surface area contributed by atoms with Crippen molar-refractivity contribution in [2.24, 2.45) is 11.8 Å². The maximum atomic E-state index is 13.1. The van der Waals surface area contributed by atoms with Gasteiger partial charge in [-0.3, -0.25) is 14.5 Å². The van der Waals surface area contributed by atoms with Crippen LogP contribution in [-0.4, -0.2) is 97.4 Å². The van der Waals surface area contributed by atoms with Crippen LogP contribution in [0, 0.1) is 11.8 Å². The number of fused-ring (bicyclic) bond motifs is 2.